The van der Waals surface area contributed by atoms with Crippen molar-refractivity contribution in [1.82, 2.24) is 30.2 Å². The third kappa shape index (κ3) is 13.7. The first-order valence-electron chi connectivity index (χ1n) is 16.1. The zero-order valence-corrected chi connectivity index (χ0v) is 33.2. The van der Waals surface area contributed by atoms with Gasteiger partial charge in [-0.05, 0) is 0 Å². The first-order valence-corrected chi connectivity index (χ1v) is 21.6. The Hall–Kier alpha value is -2.81. The number of Topliss-reactive ketones (excluding diaryl/α,β-unsaturated/α-hetero) is 1. The van der Waals surface area contributed by atoms with Crippen LogP contribution in [-0.2, 0) is 55.5 Å². The maximum absolute atomic E-state index is 12.7. The van der Waals surface area contributed by atoms with Crippen LogP contribution in [0.2, 0.25) is 0 Å². The third-order valence-corrected chi connectivity index (χ3v) is 11.6. The van der Waals surface area contributed by atoms with E-state index in [2.05, 4.69) is 34.4 Å². The van der Waals surface area contributed by atoms with Gasteiger partial charge in [-0.25, -0.2) is 28.6 Å². The number of phosphoric acid groups is 3. The molecule has 26 nitrogen and oxygen atoms in total. The number of ether oxygens (including phenoxy) is 1. The number of imidazole rings is 1. The summed E-state index contributed by atoms with van der Waals surface area (Å²) < 4.78 is 61.9. The lowest BCUT2D eigenvalue weighted by Gasteiger charge is -2.30. The van der Waals surface area contributed by atoms with E-state index in [4.69, 9.17) is 19.5 Å². The molecule has 1 saturated heterocycles. The fourth-order valence-electron chi connectivity index (χ4n) is 4.69. The number of amides is 2. The van der Waals surface area contributed by atoms with Crippen molar-refractivity contribution >= 4 is 74.9 Å². The highest BCUT2D eigenvalue weighted by Crippen LogP contribution is 2.61. The molecule has 3 rings (SSSR count). The molecule has 0 spiro atoms. The van der Waals surface area contributed by atoms with Crippen molar-refractivity contribution in [3.05, 3.63) is 12.7 Å². The molecular weight excluding hydrogens is 839 g/mol. The first-order chi connectivity index (χ1) is 25.9. The fraction of sp³-hybridized carbons (Fsp3) is 0.654. The Balaban J connectivity index is 1.49. The van der Waals surface area contributed by atoms with Crippen LogP contribution in [0.15, 0.2) is 12.7 Å². The van der Waals surface area contributed by atoms with Gasteiger partial charge in [0.2, 0.25) is 16.9 Å². The molecule has 1 aliphatic rings. The van der Waals surface area contributed by atoms with Gasteiger partial charge in [0.1, 0.15) is 36.3 Å². The molecule has 30 heteroatoms. The Morgan fingerprint density at radius 3 is 2.34 bits per heavy atom. The van der Waals surface area contributed by atoms with Crippen LogP contribution >= 0.6 is 35.2 Å². The molecule has 2 amide bonds. The lowest BCUT2D eigenvalue weighted by atomic mass is 9.87. The smallest absolute Gasteiger partial charge is 0.386 e. The molecule has 0 aromatic carbocycles. The average molecular weight is 882 g/mol. The molecule has 1 fully saturated rings. The predicted octanol–water partition coefficient (Wildman–Crippen LogP) is -2.00. The van der Waals surface area contributed by atoms with Gasteiger partial charge < -0.3 is 56.0 Å². The summed E-state index contributed by atoms with van der Waals surface area (Å²) in [5, 5.41) is 34.9. The maximum atomic E-state index is 12.7. The number of hydrogen-bond acceptors (Lipinski definition) is 20. The minimum atomic E-state index is -5.59. The van der Waals surface area contributed by atoms with Gasteiger partial charge in [-0.3, -0.25) is 37.3 Å². The van der Waals surface area contributed by atoms with Gasteiger partial charge in [0.15, 0.2) is 29.6 Å². The summed E-state index contributed by atoms with van der Waals surface area (Å²) >= 11 is 0.651. The van der Waals surface area contributed by atoms with Gasteiger partial charge in [-0.15, -0.1) is 0 Å². The molecule has 1 aliphatic heterocycles. The molecule has 3 heterocycles. The molecule has 0 radical (unpaired) electrons. The van der Waals surface area contributed by atoms with Gasteiger partial charge in [0.25, 0.3) is 0 Å². The summed E-state index contributed by atoms with van der Waals surface area (Å²) in [6.45, 7) is 1.57. The summed E-state index contributed by atoms with van der Waals surface area (Å²) in [5.74, 6) is -2.22. The number of carbonyl (C=O) groups is 4. The van der Waals surface area contributed by atoms with Crippen molar-refractivity contribution in [3.63, 3.8) is 0 Å². The number of anilines is 1. The Morgan fingerprint density at radius 1 is 1.04 bits per heavy atom. The van der Waals surface area contributed by atoms with Crippen molar-refractivity contribution in [2.45, 2.75) is 70.4 Å². The zero-order chi connectivity index (χ0) is 42.2. The van der Waals surface area contributed by atoms with Crippen LogP contribution in [0.4, 0.5) is 5.82 Å². The molecule has 2 aromatic heterocycles. The molecule has 56 heavy (non-hydrogen) atoms. The number of nitrogens with one attached hydrogen (secondary N) is 2. The summed E-state index contributed by atoms with van der Waals surface area (Å²) in [7, 11) is -16.5. The Morgan fingerprint density at radius 2 is 1.70 bits per heavy atom. The normalized spacial score (nSPS) is 22.2. The summed E-state index contributed by atoms with van der Waals surface area (Å²) in [6, 6.07) is 0. The van der Waals surface area contributed by atoms with E-state index in [0.717, 1.165) is 17.2 Å². The zero-order valence-electron chi connectivity index (χ0n) is 29.7. The van der Waals surface area contributed by atoms with E-state index in [0.29, 0.717) is 11.8 Å². The van der Waals surface area contributed by atoms with Crippen molar-refractivity contribution < 1.29 is 90.4 Å². The van der Waals surface area contributed by atoms with Gasteiger partial charge in [-0.1, -0.05) is 32.5 Å². The number of rotatable bonds is 22. The minimum absolute atomic E-state index is 0.00183. The number of hydrogen-bond donors (Lipinski definition) is 10. The standard InChI is InChI=1S/C26H42N7O19P3S/c1-4-13(34)17(36)25(40)56-8-7-28-15(35)5-6-29-23(39)20(38)26(2,3)10-49-55(46,47)52-54(44,45)48-9-14-19(51-53(41,42)43)18(37)24(50-14)33-12-32-16-21(27)30-11-31-22(16)33/h11-12,14,17-20,24,36-38H,4-10H2,1-3H3,(H,28,35)(H,29,39)(H,44,45)(H,46,47)(H2,27,30,31)(H2,41,42,43)/t14-,17?,18-,19-,20+,24-/m1/s1. The molecule has 316 valence electrons. The predicted molar refractivity (Wildman–Crippen MR) is 188 cm³/mol. The number of fused-ring (bicyclic) bond motifs is 1. The number of nitrogen functional groups attached to an aromatic ring is 1. The molecule has 11 N–H and O–H groups in total. The highest BCUT2D eigenvalue weighted by molar-refractivity contribution is 8.13. The van der Waals surface area contributed by atoms with Crippen LogP contribution < -0.4 is 16.4 Å². The van der Waals surface area contributed by atoms with E-state index in [-0.39, 0.29) is 48.7 Å². The highest BCUT2D eigenvalue weighted by atomic mass is 32.2. The van der Waals surface area contributed by atoms with E-state index in [1.165, 1.54) is 20.8 Å². The Labute approximate surface area is 321 Å². The van der Waals surface area contributed by atoms with Gasteiger partial charge in [0.05, 0.1) is 19.5 Å². The van der Waals surface area contributed by atoms with Crippen LogP contribution in [0.3, 0.4) is 0 Å². The summed E-state index contributed by atoms with van der Waals surface area (Å²) in [6.07, 6.45) is -8.91. The molecule has 0 bridgehead atoms. The van der Waals surface area contributed by atoms with Crippen molar-refractivity contribution in [2.75, 3.05) is 37.8 Å². The van der Waals surface area contributed by atoms with Crippen LogP contribution in [0.1, 0.15) is 39.8 Å². The van der Waals surface area contributed by atoms with Crippen LogP contribution in [0, 0.1) is 5.41 Å². The summed E-state index contributed by atoms with van der Waals surface area (Å²) in [5.41, 5.74) is 4.19. The number of thioether (sulfide) groups is 1. The quantitative estimate of drug-likeness (QED) is 0.0347. The Bertz CT molecular complexity index is 1880. The van der Waals surface area contributed by atoms with Crippen molar-refractivity contribution in [1.29, 1.82) is 0 Å². The van der Waals surface area contributed by atoms with E-state index in [1.807, 2.05) is 0 Å². The number of carbonyl (C=O) groups excluding carboxylic acids is 4. The number of nitrogens with zero attached hydrogens (tertiary/aromatic N) is 4. The molecule has 0 aliphatic carbocycles. The first kappa shape index (κ1) is 47.6. The van der Waals surface area contributed by atoms with Crippen molar-refractivity contribution in [2.24, 2.45) is 5.41 Å². The number of ketones is 1. The van der Waals surface area contributed by atoms with Gasteiger partial charge in [0, 0.05) is 37.1 Å². The number of phosphoric ester groups is 3. The van der Waals surface area contributed by atoms with Crippen LogP contribution in [0.25, 0.3) is 11.2 Å². The number of nitrogens with two attached hydrogens (primary N) is 1. The second-order valence-electron chi connectivity index (χ2n) is 12.5. The second kappa shape index (κ2) is 19.8. The lowest BCUT2D eigenvalue weighted by molar-refractivity contribution is -0.137. The van der Waals surface area contributed by atoms with Gasteiger partial charge in [-0.2, -0.15) is 4.31 Å². The van der Waals surface area contributed by atoms with Crippen LogP contribution in [0.5, 0.6) is 0 Å². The maximum Gasteiger partial charge on any atom is 0.481 e. The second-order valence-corrected chi connectivity index (χ2v) is 17.8. The molecule has 0 saturated carbocycles. The topological polar surface area (TPSA) is 401 Å². The largest absolute Gasteiger partial charge is 0.481 e. The molecule has 2 aromatic rings. The van der Waals surface area contributed by atoms with E-state index in [1.54, 1.807) is 0 Å². The highest BCUT2D eigenvalue weighted by Gasteiger charge is 2.50. The van der Waals surface area contributed by atoms with E-state index in [9.17, 15) is 67.8 Å². The molecule has 3 unspecified atom stereocenters. The monoisotopic (exact) mass is 881 g/mol. The summed E-state index contributed by atoms with van der Waals surface area (Å²) in [4.78, 5) is 98.5. The minimum Gasteiger partial charge on any atom is -0.386 e. The van der Waals surface area contributed by atoms with Crippen LogP contribution in [-0.4, -0.2) is 140 Å². The number of aromatic nitrogens is 4. The van der Waals surface area contributed by atoms with E-state index >= 15 is 0 Å². The average Bonchev–Trinajstić information content (AvgIpc) is 3.67. The van der Waals surface area contributed by atoms with Gasteiger partial charge >= 0.3 is 23.5 Å². The van der Waals surface area contributed by atoms with Crippen molar-refractivity contribution in [3.8, 4) is 0 Å². The number of aliphatic hydroxyl groups excluding tert-OH is 3. The third-order valence-electron chi connectivity index (χ3n) is 7.62. The Kier molecular flexibility index (Phi) is 16.8. The SMILES string of the molecule is CCC(=O)C(O)C(=O)SCCNC(=O)CCNC(=O)[C@H](O)C(C)(C)COP(=O)(O)OP(=O)(O)OC[C@H]1O[C@@H](n2cnc3c(N)ncnc32)[C@H](O)[C@@H]1OP(=O)(O)O. The number of aliphatic hydroxyl groups is 3. The molecule has 8 atom stereocenters. The molecular formula is C26H42N7O19P3S. The fourth-order valence-corrected chi connectivity index (χ4v) is 8.21. The van der Waals surface area contributed by atoms with E-state index < -0.39 is 102 Å². The lowest BCUT2D eigenvalue weighted by Crippen LogP contribution is -2.46.